The predicted molar refractivity (Wildman–Crippen MR) is 64.2 cm³/mol. The molecule has 0 saturated heterocycles. The minimum atomic E-state index is -0.989. The monoisotopic (exact) mass is 259 g/mol. The number of benzene rings is 1. The lowest BCUT2D eigenvalue weighted by Crippen LogP contribution is -2.29. The van der Waals surface area contributed by atoms with Gasteiger partial charge >= 0.3 is 6.09 Å². The fourth-order valence-electron chi connectivity index (χ4n) is 1.15. The van der Waals surface area contributed by atoms with E-state index in [0.29, 0.717) is 16.5 Å². The molecule has 1 rings (SSSR count). The van der Waals surface area contributed by atoms with Gasteiger partial charge in [-0.15, -0.1) is 0 Å². The van der Waals surface area contributed by atoms with Crippen LogP contribution in [0.25, 0.3) is 0 Å². The van der Waals surface area contributed by atoms with Crippen molar-refractivity contribution in [2.24, 2.45) is 0 Å². The minimum Gasteiger partial charge on any atom is -0.493 e. The summed E-state index contributed by atoms with van der Waals surface area (Å²) in [7, 11) is 2.99. The highest BCUT2D eigenvalue weighted by Gasteiger charge is 2.07. The summed E-state index contributed by atoms with van der Waals surface area (Å²) in [5.41, 5.74) is 0. The van der Waals surface area contributed by atoms with Gasteiger partial charge in [0, 0.05) is 18.1 Å². The standard InChI is InChI=1S/C11H14ClNO4/c1-13(11(14)15)5-6-17-9-4-3-8(12)7-10(9)16-2/h3-4,7H,5-6H2,1-2H3,(H,14,15). The van der Waals surface area contributed by atoms with E-state index in [9.17, 15) is 4.79 Å². The molecule has 5 nitrogen and oxygen atoms in total. The zero-order valence-electron chi connectivity index (χ0n) is 9.64. The molecule has 0 atom stereocenters. The molecular weight excluding hydrogens is 246 g/mol. The second kappa shape index (κ2) is 6.20. The lowest BCUT2D eigenvalue weighted by atomic mass is 10.3. The Balaban J connectivity index is 2.54. The molecule has 0 spiro atoms. The molecule has 0 saturated carbocycles. The van der Waals surface area contributed by atoms with Crippen molar-refractivity contribution in [2.75, 3.05) is 27.3 Å². The van der Waals surface area contributed by atoms with Crippen LogP contribution in [0.5, 0.6) is 11.5 Å². The molecule has 0 bridgehead atoms. The molecule has 0 fully saturated rings. The van der Waals surface area contributed by atoms with Crippen molar-refractivity contribution in [3.8, 4) is 11.5 Å². The molecule has 0 aliphatic heterocycles. The van der Waals surface area contributed by atoms with E-state index in [1.807, 2.05) is 0 Å². The fraction of sp³-hybridized carbons (Fsp3) is 0.364. The summed E-state index contributed by atoms with van der Waals surface area (Å²) in [4.78, 5) is 11.7. The predicted octanol–water partition coefficient (Wildman–Crippen LogP) is 2.34. The zero-order chi connectivity index (χ0) is 12.8. The van der Waals surface area contributed by atoms with Crippen LogP contribution in [0.3, 0.4) is 0 Å². The van der Waals surface area contributed by atoms with Crippen LogP contribution in [0, 0.1) is 0 Å². The van der Waals surface area contributed by atoms with Crippen LogP contribution >= 0.6 is 11.6 Å². The average molecular weight is 260 g/mol. The van der Waals surface area contributed by atoms with Gasteiger partial charge < -0.3 is 19.5 Å². The maximum atomic E-state index is 10.5. The first-order valence-corrected chi connectivity index (χ1v) is 5.32. The molecule has 0 radical (unpaired) electrons. The van der Waals surface area contributed by atoms with Gasteiger partial charge in [0.2, 0.25) is 0 Å². The van der Waals surface area contributed by atoms with Gasteiger partial charge in [0.05, 0.1) is 13.7 Å². The number of nitrogens with zero attached hydrogens (tertiary/aromatic N) is 1. The average Bonchev–Trinajstić information content (AvgIpc) is 2.30. The van der Waals surface area contributed by atoms with E-state index in [1.165, 1.54) is 14.2 Å². The first kappa shape index (κ1) is 13.4. The number of likely N-dealkylation sites (N-methyl/N-ethyl adjacent to an activating group) is 1. The van der Waals surface area contributed by atoms with Crippen LogP contribution in [-0.4, -0.2) is 43.4 Å². The van der Waals surface area contributed by atoms with Crippen molar-refractivity contribution >= 4 is 17.7 Å². The maximum Gasteiger partial charge on any atom is 0.407 e. The molecule has 94 valence electrons. The molecule has 0 heterocycles. The summed E-state index contributed by atoms with van der Waals surface area (Å²) in [6.07, 6.45) is -0.989. The first-order valence-electron chi connectivity index (χ1n) is 4.95. The Morgan fingerprint density at radius 3 is 2.76 bits per heavy atom. The Kier molecular flexibility index (Phi) is 4.90. The molecule has 0 aromatic heterocycles. The van der Waals surface area contributed by atoms with Gasteiger partial charge in [-0.1, -0.05) is 11.6 Å². The number of hydrogen-bond donors (Lipinski definition) is 1. The Morgan fingerprint density at radius 2 is 2.18 bits per heavy atom. The Bertz CT molecular complexity index is 397. The van der Waals surface area contributed by atoms with Gasteiger partial charge in [-0.25, -0.2) is 4.79 Å². The lowest BCUT2D eigenvalue weighted by molar-refractivity contribution is 0.146. The SMILES string of the molecule is COc1cc(Cl)ccc1OCCN(C)C(=O)O. The number of ether oxygens (including phenoxy) is 2. The van der Waals surface area contributed by atoms with Gasteiger partial charge in [-0.05, 0) is 12.1 Å². The van der Waals surface area contributed by atoms with Crippen LogP contribution < -0.4 is 9.47 Å². The van der Waals surface area contributed by atoms with Crippen LogP contribution in [0.2, 0.25) is 5.02 Å². The molecule has 1 amide bonds. The second-order valence-corrected chi connectivity index (χ2v) is 3.78. The minimum absolute atomic E-state index is 0.251. The van der Waals surface area contributed by atoms with Crippen molar-refractivity contribution in [3.63, 3.8) is 0 Å². The third-order valence-corrected chi connectivity index (χ3v) is 2.37. The molecule has 1 N–H and O–H groups in total. The van der Waals surface area contributed by atoms with E-state index >= 15 is 0 Å². The summed E-state index contributed by atoms with van der Waals surface area (Å²) in [5, 5.41) is 9.20. The smallest absolute Gasteiger partial charge is 0.407 e. The lowest BCUT2D eigenvalue weighted by Gasteiger charge is -2.15. The largest absolute Gasteiger partial charge is 0.493 e. The number of amides is 1. The molecule has 1 aromatic rings. The zero-order valence-corrected chi connectivity index (χ0v) is 10.4. The van der Waals surface area contributed by atoms with Gasteiger partial charge in [0.1, 0.15) is 6.61 Å². The van der Waals surface area contributed by atoms with E-state index in [2.05, 4.69) is 0 Å². The van der Waals surface area contributed by atoms with Crippen molar-refractivity contribution in [2.45, 2.75) is 0 Å². The van der Waals surface area contributed by atoms with Gasteiger partial charge in [0.15, 0.2) is 11.5 Å². The number of halogens is 1. The molecule has 0 aliphatic carbocycles. The highest BCUT2D eigenvalue weighted by atomic mass is 35.5. The Morgan fingerprint density at radius 1 is 1.47 bits per heavy atom. The van der Waals surface area contributed by atoms with E-state index < -0.39 is 6.09 Å². The van der Waals surface area contributed by atoms with Crippen molar-refractivity contribution in [1.29, 1.82) is 0 Å². The third-order valence-electron chi connectivity index (χ3n) is 2.14. The van der Waals surface area contributed by atoms with E-state index in [0.717, 1.165) is 4.90 Å². The first-order chi connectivity index (χ1) is 8.04. The Hall–Kier alpha value is -1.62. The summed E-state index contributed by atoms with van der Waals surface area (Å²) in [6.45, 7) is 0.530. The molecule has 1 aromatic carbocycles. The van der Waals surface area contributed by atoms with Crippen molar-refractivity contribution in [3.05, 3.63) is 23.2 Å². The summed E-state index contributed by atoms with van der Waals surface area (Å²) >= 11 is 5.80. The Labute approximate surface area is 105 Å². The number of methoxy groups -OCH3 is 1. The van der Waals surface area contributed by atoms with Crippen LogP contribution in [0.4, 0.5) is 4.79 Å². The van der Waals surface area contributed by atoms with Gasteiger partial charge in [0.25, 0.3) is 0 Å². The summed E-state index contributed by atoms with van der Waals surface area (Å²) in [5.74, 6) is 1.06. The number of carbonyl (C=O) groups is 1. The topological polar surface area (TPSA) is 59.0 Å². The maximum absolute atomic E-state index is 10.5. The molecule has 6 heteroatoms. The molecule has 0 aliphatic rings. The quantitative estimate of drug-likeness (QED) is 0.882. The molecule has 0 unspecified atom stereocenters. The summed E-state index contributed by atoms with van der Waals surface area (Å²) in [6, 6.07) is 5.00. The van der Waals surface area contributed by atoms with Crippen LogP contribution in [-0.2, 0) is 0 Å². The highest BCUT2D eigenvalue weighted by Crippen LogP contribution is 2.29. The van der Waals surface area contributed by atoms with Crippen molar-refractivity contribution in [1.82, 2.24) is 4.90 Å². The second-order valence-electron chi connectivity index (χ2n) is 3.35. The van der Waals surface area contributed by atoms with E-state index in [4.69, 9.17) is 26.2 Å². The van der Waals surface area contributed by atoms with Gasteiger partial charge in [-0.2, -0.15) is 0 Å². The number of rotatable bonds is 5. The highest BCUT2D eigenvalue weighted by molar-refractivity contribution is 6.30. The third kappa shape index (κ3) is 4.03. The van der Waals surface area contributed by atoms with Crippen molar-refractivity contribution < 1.29 is 19.4 Å². The number of carboxylic acid groups (broad SMARTS) is 1. The van der Waals surface area contributed by atoms with Crippen LogP contribution in [0.1, 0.15) is 0 Å². The van der Waals surface area contributed by atoms with Gasteiger partial charge in [-0.3, -0.25) is 0 Å². The summed E-state index contributed by atoms with van der Waals surface area (Å²) < 4.78 is 10.5. The van der Waals surface area contributed by atoms with Crippen LogP contribution in [0.15, 0.2) is 18.2 Å². The number of hydrogen-bond acceptors (Lipinski definition) is 3. The van der Waals surface area contributed by atoms with E-state index in [1.54, 1.807) is 18.2 Å². The van der Waals surface area contributed by atoms with E-state index in [-0.39, 0.29) is 13.2 Å². The normalized spacial score (nSPS) is 9.82. The molecule has 17 heavy (non-hydrogen) atoms. The molecular formula is C11H14ClNO4. The fourth-order valence-corrected chi connectivity index (χ4v) is 1.31.